The molecular formula is C37H25N3. The maximum absolute atomic E-state index is 5.41. The van der Waals surface area contributed by atoms with E-state index in [1.807, 2.05) is 54.7 Å². The van der Waals surface area contributed by atoms with Gasteiger partial charge in [-0.25, -0.2) is 9.97 Å². The lowest BCUT2D eigenvalue weighted by atomic mass is 9.96. The highest BCUT2D eigenvalue weighted by Gasteiger charge is 2.19. The number of rotatable bonds is 5. The van der Waals surface area contributed by atoms with E-state index in [0.717, 1.165) is 67.1 Å². The SMILES string of the molecule is c1ccc(-c2nc3c(-c4ccccc4)ccc(-c4ccccc4)c3nc2-c2ccc(-c3ccccn3)cc2)cc1. The van der Waals surface area contributed by atoms with Crippen molar-refractivity contribution in [1.82, 2.24) is 15.0 Å². The highest BCUT2D eigenvalue weighted by molar-refractivity contribution is 6.02. The molecule has 0 amide bonds. The zero-order valence-corrected chi connectivity index (χ0v) is 21.8. The van der Waals surface area contributed by atoms with Crippen LogP contribution < -0.4 is 0 Å². The number of hydrogen-bond acceptors (Lipinski definition) is 3. The summed E-state index contributed by atoms with van der Waals surface area (Å²) >= 11 is 0. The lowest BCUT2D eigenvalue weighted by Gasteiger charge is -2.16. The van der Waals surface area contributed by atoms with Gasteiger partial charge in [-0.05, 0) is 23.3 Å². The van der Waals surface area contributed by atoms with Gasteiger partial charge >= 0.3 is 0 Å². The van der Waals surface area contributed by atoms with Gasteiger partial charge < -0.3 is 0 Å². The molecule has 40 heavy (non-hydrogen) atoms. The van der Waals surface area contributed by atoms with Gasteiger partial charge in [0.15, 0.2) is 0 Å². The summed E-state index contributed by atoms with van der Waals surface area (Å²) in [5.74, 6) is 0. The van der Waals surface area contributed by atoms with Gasteiger partial charge in [0.25, 0.3) is 0 Å². The summed E-state index contributed by atoms with van der Waals surface area (Å²) in [6, 6.07) is 50.0. The van der Waals surface area contributed by atoms with E-state index >= 15 is 0 Å². The van der Waals surface area contributed by atoms with Gasteiger partial charge in [-0.3, -0.25) is 4.98 Å². The van der Waals surface area contributed by atoms with E-state index in [2.05, 4.69) is 102 Å². The van der Waals surface area contributed by atoms with E-state index in [0.29, 0.717) is 0 Å². The molecule has 0 radical (unpaired) electrons. The predicted octanol–water partition coefficient (Wildman–Crippen LogP) is 9.36. The smallest absolute Gasteiger partial charge is 0.0979 e. The third-order valence-corrected chi connectivity index (χ3v) is 7.16. The molecule has 5 aromatic carbocycles. The number of hydrogen-bond donors (Lipinski definition) is 0. The van der Waals surface area contributed by atoms with Crippen LogP contribution in [0.2, 0.25) is 0 Å². The minimum Gasteiger partial charge on any atom is -0.256 e. The fourth-order valence-electron chi connectivity index (χ4n) is 5.17. The van der Waals surface area contributed by atoms with E-state index in [1.165, 1.54) is 0 Å². The Hall–Kier alpha value is -5.41. The fraction of sp³-hybridized carbons (Fsp3) is 0. The molecule has 7 aromatic rings. The highest BCUT2D eigenvalue weighted by Crippen LogP contribution is 2.38. The Kier molecular flexibility index (Phi) is 6.15. The first-order valence-corrected chi connectivity index (χ1v) is 13.4. The van der Waals surface area contributed by atoms with Crippen LogP contribution in [-0.2, 0) is 0 Å². The maximum Gasteiger partial charge on any atom is 0.0979 e. The van der Waals surface area contributed by atoms with E-state index in [4.69, 9.17) is 9.97 Å². The second-order valence-corrected chi connectivity index (χ2v) is 9.67. The maximum atomic E-state index is 5.41. The van der Waals surface area contributed by atoms with Crippen LogP contribution in [0.4, 0.5) is 0 Å². The van der Waals surface area contributed by atoms with E-state index in [1.54, 1.807) is 0 Å². The first kappa shape index (κ1) is 23.7. The predicted molar refractivity (Wildman–Crippen MR) is 165 cm³/mol. The number of pyridine rings is 1. The minimum atomic E-state index is 0.855. The Labute approximate surface area is 233 Å². The van der Waals surface area contributed by atoms with Gasteiger partial charge in [-0.15, -0.1) is 0 Å². The van der Waals surface area contributed by atoms with E-state index in [-0.39, 0.29) is 0 Å². The van der Waals surface area contributed by atoms with Crippen molar-refractivity contribution in [2.45, 2.75) is 0 Å². The van der Waals surface area contributed by atoms with Crippen molar-refractivity contribution < 1.29 is 0 Å². The number of fused-ring (bicyclic) bond motifs is 1. The van der Waals surface area contributed by atoms with Gasteiger partial charge in [0, 0.05) is 34.0 Å². The van der Waals surface area contributed by atoms with E-state index < -0.39 is 0 Å². The summed E-state index contributed by atoms with van der Waals surface area (Å²) in [7, 11) is 0. The van der Waals surface area contributed by atoms with Crippen molar-refractivity contribution in [3.8, 4) is 56.0 Å². The molecule has 0 fully saturated rings. The van der Waals surface area contributed by atoms with Crippen LogP contribution in [0.5, 0.6) is 0 Å². The molecule has 188 valence electrons. The number of benzene rings is 5. The molecule has 0 aliphatic carbocycles. The summed E-state index contributed by atoms with van der Waals surface area (Å²) in [6.45, 7) is 0. The van der Waals surface area contributed by atoms with Crippen LogP contribution in [0.3, 0.4) is 0 Å². The lowest BCUT2D eigenvalue weighted by molar-refractivity contribution is 1.29. The van der Waals surface area contributed by atoms with Crippen molar-refractivity contribution in [3.05, 3.63) is 152 Å². The Morgan fingerprint density at radius 3 is 1.23 bits per heavy atom. The summed E-state index contributed by atoms with van der Waals surface area (Å²) < 4.78 is 0. The monoisotopic (exact) mass is 511 g/mol. The molecule has 0 atom stereocenters. The third kappa shape index (κ3) is 4.44. The lowest BCUT2D eigenvalue weighted by Crippen LogP contribution is -1.99. The molecule has 2 aromatic heterocycles. The molecule has 0 unspecified atom stereocenters. The molecule has 0 saturated carbocycles. The third-order valence-electron chi connectivity index (χ3n) is 7.16. The second kappa shape index (κ2) is 10.4. The molecule has 0 spiro atoms. The van der Waals surface area contributed by atoms with Crippen molar-refractivity contribution in [1.29, 1.82) is 0 Å². The average Bonchev–Trinajstić information content (AvgIpc) is 3.05. The van der Waals surface area contributed by atoms with Crippen LogP contribution >= 0.6 is 0 Å². The van der Waals surface area contributed by atoms with Crippen molar-refractivity contribution in [2.75, 3.05) is 0 Å². The van der Waals surface area contributed by atoms with E-state index in [9.17, 15) is 0 Å². The van der Waals surface area contributed by atoms with Gasteiger partial charge in [-0.2, -0.15) is 0 Å². The summed E-state index contributed by atoms with van der Waals surface area (Å²) in [5.41, 5.74) is 11.9. The highest BCUT2D eigenvalue weighted by atomic mass is 14.8. The Morgan fingerprint density at radius 1 is 0.325 bits per heavy atom. The van der Waals surface area contributed by atoms with Crippen LogP contribution in [0, 0.1) is 0 Å². The number of aromatic nitrogens is 3. The van der Waals surface area contributed by atoms with Gasteiger partial charge in [0.1, 0.15) is 0 Å². The fourth-order valence-corrected chi connectivity index (χ4v) is 5.17. The topological polar surface area (TPSA) is 38.7 Å². The molecule has 3 heteroatoms. The molecule has 3 nitrogen and oxygen atoms in total. The summed E-state index contributed by atoms with van der Waals surface area (Å²) in [5, 5.41) is 0. The molecule has 0 aliphatic rings. The Morgan fingerprint density at radius 2 is 0.750 bits per heavy atom. The molecule has 7 rings (SSSR count). The van der Waals surface area contributed by atoms with Crippen LogP contribution in [0.25, 0.3) is 67.1 Å². The molecular weight excluding hydrogens is 486 g/mol. The molecule has 0 bridgehead atoms. The molecule has 0 saturated heterocycles. The average molecular weight is 512 g/mol. The van der Waals surface area contributed by atoms with Crippen LogP contribution in [0.1, 0.15) is 0 Å². The first-order valence-electron chi connectivity index (χ1n) is 13.4. The first-order chi connectivity index (χ1) is 19.8. The van der Waals surface area contributed by atoms with Gasteiger partial charge in [-0.1, -0.05) is 133 Å². The summed E-state index contributed by atoms with van der Waals surface area (Å²) in [6.07, 6.45) is 1.82. The largest absolute Gasteiger partial charge is 0.256 e. The molecule has 0 aliphatic heterocycles. The normalized spacial score (nSPS) is 11.0. The second-order valence-electron chi connectivity index (χ2n) is 9.67. The van der Waals surface area contributed by atoms with Crippen LogP contribution in [-0.4, -0.2) is 15.0 Å². The van der Waals surface area contributed by atoms with Gasteiger partial charge in [0.2, 0.25) is 0 Å². The quantitative estimate of drug-likeness (QED) is 0.231. The van der Waals surface area contributed by atoms with Gasteiger partial charge in [0.05, 0.1) is 28.1 Å². The standard InChI is InChI=1S/C37H25N3/c1-4-12-26(13-5-1)31-23-24-32(27-14-6-2-7-15-27)37-36(31)39-34(29-16-8-3-9-17-29)35(40-37)30-21-19-28(20-22-30)33-18-10-11-25-38-33/h1-25H. The Balaban J connectivity index is 1.51. The molecule has 2 heterocycles. The van der Waals surface area contributed by atoms with Crippen molar-refractivity contribution in [2.24, 2.45) is 0 Å². The Bertz CT molecular complexity index is 1900. The molecule has 0 N–H and O–H groups in total. The number of nitrogens with zero attached hydrogens (tertiary/aromatic N) is 3. The van der Waals surface area contributed by atoms with Crippen molar-refractivity contribution >= 4 is 11.0 Å². The summed E-state index contributed by atoms with van der Waals surface area (Å²) in [4.78, 5) is 15.3. The van der Waals surface area contributed by atoms with Crippen LogP contribution in [0.15, 0.2) is 152 Å². The zero-order chi connectivity index (χ0) is 26.7. The van der Waals surface area contributed by atoms with Crippen molar-refractivity contribution in [3.63, 3.8) is 0 Å². The minimum absolute atomic E-state index is 0.855. The zero-order valence-electron chi connectivity index (χ0n) is 21.8.